The van der Waals surface area contributed by atoms with Gasteiger partial charge in [-0.05, 0) is 28.1 Å². The quantitative estimate of drug-likeness (QED) is 0.812. The number of nitrogens with zero attached hydrogens (tertiary/aromatic N) is 3. The summed E-state index contributed by atoms with van der Waals surface area (Å²) in [6, 6.07) is 3.58. The second-order valence-electron chi connectivity index (χ2n) is 3.29. The van der Waals surface area contributed by atoms with Crippen LogP contribution in [0.25, 0.3) is 5.82 Å². The van der Waals surface area contributed by atoms with Crippen LogP contribution in [0.2, 0.25) is 0 Å². The maximum atomic E-state index is 11.4. The minimum Gasteiger partial charge on any atom is -0.294 e. The molecule has 0 N–H and O–H groups in total. The number of imidazole rings is 1. The first-order valence-electron chi connectivity index (χ1n) is 4.90. The van der Waals surface area contributed by atoms with Gasteiger partial charge in [-0.15, -0.1) is 0 Å². The molecular weight excluding hydrogens is 270 g/mol. The molecule has 82 valence electrons. The molecule has 0 atom stereocenters. The van der Waals surface area contributed by atoms with Gasteiger partial charge in [0.1, 0.15) is 16.7 Å². The molecule has 2 heterocycles. The van der Waals surface area contributed by atoms with E-state index in [-0.39, 0.29) is 5.78 Å². The summed E-state index contributed by atoms with van der Waals surface area (Å²) < 4.78 is 2.53. The third-order valence-electron chi connectivity index (χ3n) is 2.21. The van der Waals surface area contributed by atoms with Crippen molar-refractivity contribution in [1.29, 1.82) is 0 Å². The zero-order valence-electron chi connectivity index (χ0n) is 8.72. The Bertz CT molecular complexity index is 504. The van der Waals surface area contributed by atoms with E-state index in [0.717, 1.165) is 10.4 Å². The van der Waals surface area contributed by atoms with Crippen LogP contribution in [0.3, 0.4) is 0 Å². The lowest BCUT2D eigenvalue weighted by Crippen LogP contribution is -2.00. The number of ketones is 1. The molecule has 0 radical (unpaired) electrons. The topological polar surface area (TPSA) is 47.8 Å². The van der Waals surface area contributed by atoms with Crippen LogP contribution in [0, 0.1) is 0 Å². The van der Waals surface area contributed by atoms with Gasteiger partial charge in [0, 0.05) is 24.4 Å². The molecule has 0 aliphatic rings. The van der Waals surface area contributed by atoms with E-state index in [9.17, 15) is 4.79 Å². The number of carbonyl (C=O) groups is 1. The summed E-state index contributed by atoms with van der Waals surface area (Å²) in [6.07, 6.45) is 5.56. The van der Waals surface area contributed by atoms with Crippen LogP contribution >= 0.6 is 15.9 Å². The zero-order valence-corrected chi connectivity index (χ0v) is 10.3. The Hall–Kier alpha value is -1.49. The second kappa shape index (κ2) is 4.57. The minimum absolute atomic E-state index is 0.103. The first-order chi connectivity index (χ1) is 7.70. The molecule has 0 saturated carbocycles. The molecule has 2 aromatic rings. The van der Waals surface area contributed by atoms with Crippen LogP contribution < -0.4 is 0 Å². The van der Waals surface area contributed by atoms with Gasteiger partial charge in [0.15, 0.2) is 5.78 Å². The van der Waals surface area contributed by atoms with Crippen molar-refractivity contribution in [3.05, 3.63) is 41.0 Å². The Morgan fingerprint density at radius 3 is 2.75 bits per heavy atom. The number of carbonyl (C=O) groups excluding carboxylic acids is 1. The summed E-state index contributed by atoms with van der Waals surface area (Å²) in [7, 11) is 0. The van der Waals surface area contributed by atoms with Gasteiger partial charge in [0.25, 0.3) is 0 Å². The lowest BCUT2D eigenvalue weighted by Gasteiger charge is -2.01. The standard InChI is InChI=1S/C11H10BrN3O/c1-2-9(16)8-3-4-11(13-5-8)15-6-10(12)14-7-15/h3-7H,2H2,1H3. The third-order valence-corrected chi connectivity index (χ3v) is 2.62. The van der Waals surface area contributed by atoms with E-state index in [1.54, 1.807) is 29.2 Å². The molecule has 2 aromatic heterocycles. The summed E-state index contributed by atoms with van der Waals surface area (Å²) >= 11 is 3.26. The van der Waals surface area contributed by atoms with Crippen LogP contribution in [0.1, 0.15) is 23.7 Å². The highest BCUT2D eigenvalue weighted by molar-refractivity contribution is 9.10. The van der Waals surface area contributed by atoms with Crippen molar-refractivity contribution in [3.63, 3.8) is 0 Å². The fourth-order valence-corrected chi connectivity index (χ4v) is 1.64. The zero-order chi connectivity index (χ0) is 11.5. The van der Waals surface area contributed by atoms with Gasteiger partial charge >= 0.3 is 0 Å². The first-order valence-corrected chi connectivity index (χ1v) is 5.69. The highest BCUT2D eigenvalue weighted by atomic mass is 79.9. The Morgan fingerprint density at radius 2 is 2.25 bits per heavy atom. The average molecular weight is 280 g/mol. The highest BCUT2D eigenvalue weighted by Gasteiger charge is 2.04. The number of Topliss-reactive ketones (excluding diaryl/α,β-unsaturated/α-hetero) is 1. The molecule has 0 unspecified atom stereocenters. The van der Waals surface area contributed by atoms with Crippen molar-refractivity contribution in [1.82, 2.24) is 14.5 Å². The van der Waals surface area contributed by atoms with Crippen molar-refractivity contribution in [2.75, 3.05) is 0 Å². The second-order valence-corrected chi connectivity index (χ2v) is 4.10. The summed E-state index contributed by atoms with van der Waals surface area (Å²) in [5.41, 5.74) is 0.644. The number of pyridine rings is 1. The monoisotopic (exact) mass is 279 g/mol. The molecule has 0 aliphatic carbocycles. The van der Waals surface area contributed by atoms with Gasteiger partial charge in [-0.2, -0.15) is 0 Å². The lowest BCUT2D eigenvalue weighted by atomic mass is 10.1. The van der Waals surface area contributed by atoms with Crippen molar-refractivity contribution in [3.8, 4) is 5.82 Å². The van der Waals surface area contributed by atoms with E-state index in [1.807, 2.05) is 13.1 Å². The van der Waals surface area contributed by atoms with Gasteiger partial charge in [-0.25, -0.2) is 9.97 Å². The summed E-state index contributed by atoms with van der Waals surface area (Å²) in [5.74, 6) is 0.844. The van der Waals surface area contributed by atoms with E-state index in [0.29, 0.717) is 12.0 Å². The van der Waals surface area contributed by atoms with Gasteiger partial charge in [0.05, 0.1) is 0 Å². The fourth-order valence-electron chi connectivity index (χ4n) is 1.33. The number of rotatable bonds is 3. The normalized spacial score (nSPS) is 10.4. The molecule has 0 fully saturated rings. The number of hydrogen-bond acceptors (Lipinski definition) is 3. The predicted octanol–water partition coefficient (Wildman–Crippen LogP) is 2.62. The van der Waals surface area contributed by atoms with Crippen LogP contribution in [-0.2, 0) is 0 Å². The summed E-state index contributed by atoms with van der Waals surface area (Å²) in [5, 5.41) is 0. The molecule has 0 spiro atoms. The fraction of sp³-hybridized carbons (Fsp3) is 0.182. The Balaban J connectivity index is 2.29. The molecule has 0 aromatic carbocycles. The molecule has 5 heteroatoms. The molecule has 0 saturated heterocycles. The van der Waals surface area contributed by atoms with Gasteiger partial charge in [-0.3, -0.25) is 9.36 Å². The predicted molar refractivity (Wildman–Crippen MR) is 63.7 cm³/mol. The smallest absolute Gasteiger partial charge is 0.164 e. The van der Waals surface area contributed by atoms with E-state index in [2.05, 4.69) is 25.9 Å². The van der Waals surface area contributed by atoms with Crippen molar-refractivity contribution in [2.45, 2.75) is 13.3 Å². The van der Waals surface area contributed by atoms with Crippen LogP contribution in [0.4, 0.5) is 0 Å². The van der Waals surface area contributed by atoms with E-state index >= 15 is 0 Å². The van der Waals surface area contributed by atoms with Crippen molar-refractivity contribution >= 4 is 21.7 Å². The Labute approximate surface area is 101 Å². The van der Waals surface area contributed by atoms with Gasteiger partial charge < -0.3 is 0 Å². The number of hydrogen-bond donors (Lipinski definition) is 0. The number of aromatic nitrogens is 3. The molecular formula is C11H10BrN3O. The molecule has 0 bridgehead atoms. The largest absolute Gasteiger partial charge is 0.294 e. The Kier molecular flexibility index (Phi) is 3.14. The van der Waals surface area contributed by atoms with Crippen molar-refractivity contribution in [2.24, 2.45) is 0 Å². The average Bonchev–Trinajstić information content (AvgIpc) is 2.75. The van der Waals surface area contributed by atoms with Gasteiger partial charge in [0.2, 0.25) is 0 Å². The molecule has 0 amide bonds. The first kappa shape index (κ1) is 11.0. The van der Waals surface area contributed by atoms with Crippen LogP contribution in [-0.4, -0.2) is 20.3 Å². The highest BCUT2D eigenvalue weighted by Crippen LogP contribution is 2.11. The maximum absolute atomic E-state index is 11.4. The summed E-state index contributed by atoms with van der Waals surface area (Å²) in [6.45, 7) is 1.84. The number of halogens is 1. The lowest BCUT2D eigenvalue weighted by molar-refractivity contribution is 0.0988. The Morgan fingerprint density at radius 1 is 1.44 bits per heavy atom. The molecule has 4 nitrogen and oxygen atoms in total. The minimum atomic E-state index is 0.103. The van der Waals surface area contributed by atoms with Crippen molar-refractivity contribution < 1.29 is 4.79 Å². The SMILES string of the molecule is CCC(=O)c1ccc(-n2cnc(Br)c2)nc1. The molecule has 2 rings (SSSR count). The molecule has 0 aliphatic heterocycles. The van der Waals surface area contributed by atoms with E-state index in [1.165, 1.54) is 0 Å². The van der Waals surface area contributed by atoms with Crippen LogP contribution in [0.5, 0.6) is 0 Å². The van der Waals surface area contributed by atoms with Gasteiger partial charge in [-0.1, -0.05) is 6.92 Å². The van der Waals surface area contributed by atoms with Crippen LogP contribution in [0.15, 0.2) is 35.5 Å². The molecule has 16 heavy (non-hydrogen) atoms. The maximum Gasteiger partial charge on any atom is 0.164 e. The third kappa shape index (κ3) is 2.19. The van der Waals surface area contributed by atoms with E-state index < -0.39 is 0 Å². The van der Waals surface area contributed by atoms with E-state index in [4.69, 9.17) is 0 Å². The summed E-state index contributed by atoms with van der Waals surface area (Å²) in [4.78, 5) is 19.7.